The molecule has 0 saturated heterocycles. The van der Waals surface area contributed by atoms with Crippen LogP contribution in [-0.2, 0) is 9.53 Å². The van der Waals surface area contributed by atoms with Crippen LogP contribution in [0.5, 0.6) is 0 Å². The zero-order valence-electron chi connectivity index (χ0n) is 24.7. The van der Waals surface area contributed by atoms with Crippen molar-refractivity contribution < 1.29 is 19.2 Å². The van der Waals surface area contributed by atoms with Gasteiger partial charge in [-0.2, -0.15) is 4.98 Å². The van der Waals surface area contributed by atoms with Crippen LogP contribution in [0.1, 0.15) is 70.3 Å². The third-order valence-electron chi connectivity index (χ3n) is 10.2. The number of hydrogen-bond donors (Lipinski definition) is 3. The quantitative estimate of drug-likeness (QED) is 0.289. The highest BCUT2D eigenvalue weighted by molar-refractivity contribution is 9.10. The minimum Gasteiger partial charge on any atom is -0.456 e. The van der Waals surface area contributed by atoms with E-state index < -0.39 is 5.97 Å². The fourth-order valence-corrected chi connectivity index (χ4v) is 7.68. The summed E-state index contributed by atoms with van der Waals surface area (Å²) in [5.74, 6) is 1.87. The lowest BCUT2D eigenvalue weighted by molar-refractivity contribution is -0.805. The summed E-state index contributed by atoms with van der Waals surface area (Å²) in [6, 6.07) is 1.70. The zero-order valence-corrected chi connectivity index (χ0v) is 26.3. The Hall–Kier alpha value is -2.98. The summed E-state index contributed by atoms with van der Waals surface area (Å²) in [5.41, 5.74) is 9.59. The molecule has 0 radical (unpaired) electrons. The molecule has 3 heterocycles. The van der Waals surface area contributed by atoms with E-state index in [0.717, 1.165) is 60.4 Å². The molecule has 41 heavy (non-hydrogen) atoms. The standard InChI is InChI=1S/C31H41BrN6O3/c1-19(8-11-38-18-37(5)28-26(38)27(33)35-17-36-28)6-9-30(3)20(2)7-10-31(4)21(12-23(39)14-25(30)31)16-41-29(40)24-13-22(32)15-34-24/h8,12-13,15,17,20,25,34H,6-7,9-11,14,16,18H2,1-5H3,(H2,33,35,36)/p+1/b19-8+/t20-,25-,30+,31-/m0/s1. The molecule has 2 aromatic heterocycles. The predicted octanol–water partition coefficient (Wildman–Crippen LogP) is 4.61. The normalized spacial score (nSPS) is 29.7. The van der Waals surface area contributed by atoms with Gasteiger partial charge < -0.3 is 20.4 Å². The first kappa shape index (κ1) is 29.5. The maximum absolute atomic E-state index is 13.1. The van der Waals surface area contributed by atoms with Gasteiger partial charge in [0.1, 0.15) is 18.6 Å². The molecule has 1 saturated carbocycles. The molecule has 4 N–H and O–H groups in total. The van der Waals surface area contributed by atoms with Gasteiger partial charge in [0.05, 0.1) is 7.05 Å². The van der Waals surface area contributed by atoms with Gasteiger partial charge in [-0.05, 0) is 88.9 Å². The average molecular weight is 627 g/mol. The van der Waals surface area contributed by atoms with E-state index in [1.807, 2.05) is 0 Å². The molecule has 0 aromatic carbocycles. The van der Waals surface area contributed by atoms with Crippen molar-refractivity contribution in [2.24, 2.45) is 22.7 Å². The number of H-pyrrole nitrogens is 1. The molecule has 0 amide bonds. The van der Waals surface area contributed by atoms with Crippen LogP contribution in [0, 0.1) is 22.7 Å². The lowest BCUT2D eigenvalue weighted by Gasteiger charge is -2.57. The van der Waals surface area contributed by atoms with Gasteiger partial charge in [0.15, 0.2) is 24.0 Å². The number of nitrogens with two attached hydrogens (primary N) is 1. The number of aromatic amines is 1. The number of halogens is 1. The Morgan fingerprint density at radius 2 is 2.15 bits per heavy atom. The number of carbonyl (C=O) groups is 2. The summed E-state index contributed by atoms with van der Waals surface area (Å²) < 4.78 is 6.51. The van der Waals surface area contributed by atoms with Crippen LogP contribution in [0.3, 0.4) is 0 Å². The minimum absolute atomic E-state index is 0.0194. The summed E-state index contributed by atoms with van der Waals surface area (Å²) in [6.45, 7) is 10.9. The Morgan fingerprint density at radius 3 is 2.88 bits per heavy atom. The van der Waals surface area contributed by atoms with Crippen LogP contribution in [0.2, 0.25) is 0 Å². The van der Waals surface area contributed by atoms with E-state index in [2.05, 4.69) is 76.6 Å². The molecule has 0 spiro atoms. The molecule has 2 aliphatic carbocycles. The van der Waals surface area contributed by atoms with Crippen LogP contribution < -0.4 is 15.5 Å². The number of nitrogens with one attached hydrogen (secondary N) is 2. The van der Waals surface area contributed by atoms with E-state index in [0.29, 0.717) is 23.9 Å². The van der Waals surface area contributed by atoms with Gasteiger partial charge in [0.2, 0.25) is 0 Å². The van der Waals surface area contributed by atoms with Crippen molar-refractivity contribution in [3.63, 3.8) is 0 Å². The maximum Gasteiger partial charge on any atom is 0.355 e. The van der Waals surface area contributed by atoms with Crippen LogP contribution >= 0.6 is 15.9 Å². The number of carbonyl (C=O) groups excluding carboxylic acids is 2. The first-order valence-electron chi connectivity index (χ1n) is 14.5. The Labute approximate surface area is 250 Å². The van der Waals surface area contributed by atoms with Gasteiger partial charge in [0.25, 0.3) is 5.82 Å². The highest BCUT2D eigenvalue weighted by atomic mass is 79.9. The summed E-state index contributed by atoms with van der Waals surface area (Å²) in [4.78, 5) is 40.7. The van der Waals surface area contributed by atoms with Crippen LogP contribution in [-0.4, -0.2) is 53.6 Å². The second-order valence-corrected chi connectivity index (χ2v) is 13.6. The lowest BCUT2D eigenvalue weighted by atomic mass is 9.46. The number of aromatic nitrogens is 3. The van der Waals surface area contributed by atoms with Crippen LogP contribution in [0.25, 0.3) is 0 Å². The maximum atomic E-state index is 13.1. The molecule has 0 bridgehead atoms. The Kier molecular flexibility index (Phi) is 8.18. The van der Waals surface area contributed by atoms with E-state index in [-0.39, 0.29) is 29.1 Å². The van der Waals surface area contributed by atoms with Gasteiger partial charge in [-0.3, -0.25) is 9.69 Å². The molecule has 1 aliphatic heterocycles. The number of fused-ring (bicyclic) bond motifs is 2. The van der Waals surface area contributed by atoms with Crippen LogP contribution in [0.4, 0.5) is 17.3 Å². The zero-order chi connectivity index (χ0) is 29.5. The van der Waals surface area contributed by atoms with Crippen molar-refractivity contribution >= 4 is 45.0 Å². The van der Waals surface area contributed by atoms with E-state index in [9.17, 15) is 9.59 Å². The third kappa shape index (κ3) is 5.60. The monoisotopic (exact) mass is 625 g/mol. The summed E-state index contributed by atoms with van der Waals surface area (Å²) in [7, 11) is 2.10. The number of rotatable bonds is 8. The summed E-state index contributed by atoms with van der Waals surface area (Å²) in [6.07, 6.45) is 11.8. The summed E-state index contributed by atoms with van der Waals surface area (Å²) in [5, 5.41) is 0. The van der Waals surface area contributed by atoms with Crippen LogP contribution in [0.15, 0.2) is 46.4 Å². The van der Waals surface area contributed by atoms with E-state index in [1.54, 1.807) is 18.3 Å². The third-order valence-corrected chi connectivity index (χ3v) is 10.7. The smallest absolute Gasteiger partial charge is 0.355 e. The molecule has 1 unspecified atom stereocenters. The van der Waals surface area contributed by atoms with Gasteiger partial charge in [-0.1, -0.05) is 32.4 Å². The second-order valence-electron chi connectivity index (χ2n) is 12.7. The first-order valence-corrected chi connectivity index (χ1v) is 15.3. The highest BCUT2D eigenvalue weighted by Crippen LogP contribution is 2.61. The predicted molar refractivity (Wildman–Crippen MR) is 163 cm³/mol. The number of allylic oxidation sites excluding steroid dienone is 2. The summed E-state index contributed by atoms with van der Waals surface area (Å²) >= 11 is 3.36. The average Bonchev–Trinajstić information content (AvgIpc) is 3.52. The second kappa shape index (κ2) is 11.4. The van der Waals surface area contributed by atoms with E-state index in [1.165, 1.54) is 16.8 Å². The number of hydrogen-bond acceptors (Lipinski definition) is 7. The largest absolute Gasteiger partial charge is 0.456 e. The molecule has 9 nitrogen and oxygen atoms in total. The fourth-order valence-electron chi connectivity index (χ4n) is 7.33. The van der Waals surface area contributed by atoms with Crippen molar-refractivity contribution in [3.8, 4) is 0 Å². The number of nitrogens with zero attached hydrogens (tertiary/aromatic N) is 3. The molecule has 2 aromatic rings. The molecule has 1 fully saturated rings. The number of ether oxygens (including phenoxy) is 1. The molecule has 3 aliphatic rings. The van der Waals surface area contributed by atoms with Crippen molar-refractivity contribution in [2.75, 3.05) is 37.5 Å². The molecule has 5 atom stereocenters. The van der Waals surface area contributed by atoms with Crippen molar-refractivity contribution in [1.29, 1.82) is 0 Å². The molecular formula is C31H42BrN6O3+. The number of quaternary nitrogens is 1. The number of nitrogen functional groups attached to an aromatic ring is 1. The van der Waals surface area contributed by atoms with E-state index >= 15 is 0 Å². The minimum atomic E-state index is -0.413. The number of anilines is 2. The fraction of sp³-hybridized carbons (Fsp3) is 0.548. The van der Waals surface area contributed by atoms with Crippen molar-refractivity contribution in [3.05, 3.63) is 52.1 Å². The topological polar surface area (TPSA) is 119 Å². The van der Waals surface area contributed by atoms with Gasteiger partial charge in [0, 0.05) is 23.6 Å². The lowest BCUT2D eigenvalue weighted by Crippen LogP contribution is -3.03. The molecule has 10 heteroatoms. The SMILES string of the molecule is C/C(=C\CN1C[NH+](C)c2ncnc(N)c21)CC[C@]1(C)[C@@H](C)CC[C@@]2(C)C(COC(=O)c3cc(Br)c[nH]3)=CC(=O)C[C@@H]12. The molecule has 5 rings (SSSR count). The van der Waals surface area contributed by atoms with E-state index in [4.69, 9.17) is 10.5 Å². The molecule has 220 valence electrons. The molecular weight excluding hydrogens is 584 g/mol. The van der Waals surface area contributed by atoms with Gasteiger partial charge >= 0.3 is 5.97 Å². The van der Waals surface area contributed by atoms with Gasteiger partial charge in [-0.15, -0.1) is 0 Å². The Balaban J connectivity index is 1.27. The number of esters is 1. The Morgan fingerprint density at radius 1 is 1.37 bits per heavy atom. The Bertz CT molecular complexity index is 1400. The van der Waals surface area contributed by atoms with Crippen molar-refractivity contribution in [2.45, 2.75) is 59.8 Å². The number of ketones is 1. The van der Waals surface area contributed by atoms with Crippen molar-refractivity contribution in [1.82, 2.24) is 15.0 Å². The first-order chi connectivity index (χ1) is 19.4. The highest BCUT2D eigenvalue weighted by Gasteiger charge is 2.55. The van der Waals surface area contributed by atoms with Gasteiger partial charge in [-0.25, -0.2) is 9.78 Å².